The quantitative estimate of drug-likeness (QED) is 0.744. The summed E-state index contributed by atoms with van der Waals surface area (Å²) >= 11 is 0. The maximum atomic E-state index is 13.7. The van der Waals surface area contributed by atoms with Gasteiger partial charge in [0.2, 0.25) is 0 Å². The van der Waals surface area contributed by atoms with Crippen molar-refractivity contribution in [3.63, 3.8) is 0 Å². The molecule has 80 valence electrons. The Bertz CT molecular complexity index is 444. The van der Waals surface area contributed by atoms with Gasteiger partial charge in [0.1, 0.15) is 5.69 Å². The van der Waals surface area contributed by atoms with Gasteiger partial charge in [-0.3, -0.25) is 4.98 Å². The van der Waals surface area contributed by atoms with Crippen molar-refractivity contribution in [3.8, 4) is 0 Å². The van der Waals surface area contributed by atoms with Gasteiger partial charge in [-0.2, -0.15) is 0 Å². The fourth-order valence-corrected chi connectivity index (χ4v) is 1.32. The summed E-state index contributed by atoms with van der Waals surface area (Å²) in [5, 5.41) is 0. The number of benzene rings is 1. The molecule has 0 atom stereocenters. The standard InChI is InChI=1S/C13H9F2N/c14-12(10-6-2-1-3-7-10)13(15)11-8-4-5-9-16-11/h1-9H/b13-12+. The molecule has 0 unspecified atom stereocenters. The first-order chi connectivity index (χ1) is 7.79. The molecule has 0 bridgehead atoms. The summed E-state index contributed by atoms with van der Waals surface area (Å²) < 4.78 is 27.3. The van der Waals surface area contributed by atoms with Gasteiger partial charge in [0.15, 0.2) is 11.7 Å². The Morgan fingerprint density at radius 1 is 0.812 bits per heavy atom. The average Bonchev–Trinajstić information content (AvgIpc) is 2.39. The maximum absolute atomic E-state index is 13.7. The molecule has 2 aromatic rings. The van der Waals surface area contributed by atoms with E-state index in [1.54, 1.807) is 30.3 Å². The maximum Gasteiger partial charge on any atom is 0.184 e. The van der Waals surface area contributed by atoms with Crippen molar-refractivity contribution in [1.82, 2.24) is 4.98 Å². The zero-order valence-electron chi connectivity index (χ0n) is 8.40. The van der Waals surface area contributed by atoms with E-state index in [2.05, 4.69) is 4.98 Å². The minimum Gasteiger partial charge on any atom is -0.254 e. The molecule has 0 N–H and O–H groups in total. The second-order valence-electron chi connectivity index (χ2n) is 3.21. The Kier molecular flexibility index (Phi) is 3.05. The fourth-order valence-electron chi connectivity index (χ4n) is 1.32. The predicted octanol–water partition coefficient (Wildman–Crippen LogP) is 3.85. The molecule has 0 fully saturated rings. The number of pyridine rings is 1. The van der Waals surface area contributed by atoms with E-state index in [4.69, 9.17) is 0 Å². The van der Waals surface area contributed by atoms with Crippen LogP contribution in [0.4, 0.5) is 8.78 Å². The summed E-state index contributed by atoms with van der Waals surface area (Å²) in [6.45, 7) is 0. The molecule has 1 nitrogen and oxygen atoms in total. The Balaban J connectivity index is 2.43. The van der Waals surface area contributed by atoms with Crippen LogP contribution in [-0.4, -0.2) is 4.98 Å². The minimum atomic E-state index is -0.938. The van der Waals surface area contributed by atoms with Gasteiger partial charge < -0.3 is 0 Å². The van der Waals surface area contributed by atoms with Crippen molar-refractivity contribution in [2.24, 2.45) is 0 Å². The predicted molar refractivity (Wildman–Crippen MR) is 59.7 cm³/mol. The fraction of sp³-hybridized carbons (Fsp3) is 0. The number of nitrogens with zero attached hydrogens (tertiary/aromatic N) is 1. The SMILES string of the molecule is F/C(=C(/F)c1ccccn1)c1ccccc1. The van der Waals surface area contributed by atoms with E-state index < -0.39 is 11.7 Å². The van der Waals surface area contributed by atoms with Crippen LogP contribution in [0.15, 0.2) is 54.7 Å². The summed E-state index contributed by atoms with van der Waals surface area (Å²) in [4.78, 5) is 3.75. The minimum absolute atomic E-state index is 0.00357. The highest BCUT2D eigenvalue weighted by molar-refractivity contribution is 5.81. The lowest BCUT2D eigenvalue weighted by atomic mass is 10.1. The lowest BCUT2D eigenvalue weighted by molar-refractivity contribution is 0.696. The van der Waals surface area contributed by atoms with Gasteiger partial charge >= 0.3 is 0 Å². The van der Waals surface area contributed by atoms with Gasteiger partial charge in [-0.25, -0.2) is 8.78 Å². The third kappa shape index (κ3) is 2.14. The molecule has 0 radical (unpaired) electrons. The number of hydrogen-bond acceptors (Lipinski definition) is 1. The van der Waals surface area contributed by atoms with Crippen molar-refractivity contribution in [3.05, 3.63) is 66.0 Å². The zero-order chi connectivity index (χ0) is 11.4. The van der Waals surface area contributed by atoms with Crippen LogP contribution in [0, 0.1) is 0 Å². The molecule has 1 aromatic carbocycles. The van der Waals surface area contributed by atoms with Crippen LogP contribution < -0.4 is 0 Å². The molecule has 0 aliphatic rings. The number of rotatable bonds is 2. The van der Waals surface area contributed by atoms with Gasteiger partial charge in [0.05, 0.1) is 0 Å². The number of aromatic nitrogens is 1. The van der Waals surface area contributed by atoms with E-state index in [1.165, 1.54) is 24.4 Å². The van der Waals surface area contributed by atoms with Crippen molar-refractivity contribution in [2.45, 2.75) is 0 Å². The van der Waals surface area contributed by atoms with Gasteiger partial charge in [0, 0.05) is 11.8 Å². The first kappa shape index (κ1) is 10.5. The van der Waals surface area contributed by atoms with Crippen LogP contribution in [0.25, 0.3) is 11.7 Å². The zero-order valence-corrected chi connectivity index (χ0v) is 8.40. The second kappa shape index (κ2) is 4.66. The summed E-state index contributed by atoms with van der Waals surface area (Å²) in [5.41, 5.74) is 0.217. The molecule has 0 amide bonds. The molecule has 3 heteroatoms. The highest BCUT2D eigenvalue weighted by Gasteiger charge is 2.11. The lowest BCUT2D eigenvalue weighted by Gasteiger charge is -2.00. The Morgan fingerprint density at radius 3 is 2.12 bits per heavy atom. The summed E-state index contributed by atoms with van der Waals surface area (Å²) in [7, 11) is 0. The van der Waals surface area contributed by atoms with Crippen LogP contribution in [-0.2, 0) is 0 Å². The molecular weight excluding hydrogens is 208 g/mol. The Hall–Kier alpha value is -2.03. The largest absolute Gasteiger partial charge is 0.254 e. The van der Waals surface area contributed by atoms with E-state index in [1.807, 2.05) is 0 Å². The topological polar surface area (TPSA) is 12.9 Å². The molecule has 1 heterocycles. The van der Waals surface area contributed by atoms with Crippen LogP contribution in [0.3, 0.4) is 0 Å². The number of halogens is 2. The highest BCUT2D eigenvalue weighted by Crippen LogP contribution is 2.26. The van der Waals surface area contributed by atoms with Crippen molar-refractivity contribution < 1.29 is 8.78 Å². The highest BCUT2D eigenvalue weighted by atomic mass is 19.2. The van der Waals surface area contributed by atoms with Crippen LogP contribution in [0.1, 0.15) is 11.3 Å². The molecule has 2 rings (SSSR count). The molecule has 0 saturated carbocycles. The molecule has 0 spiro atoms. The first-order valence-corrected chi connectivity index (χ1v) is 4.81. The molecule has 0 saturated heterocycles. The van der Waals surface area contributed by atoms with Gasteiger partial charge in [-0.15, -0.1) is 0 Å². The van der Waals surface area contributed by atoms with Gasteiger partial charge in [-0.1, -0.05) is 36.4 Å². The lowest BCUT2D eigenvalue weighted by Crippen LogP contribution is -1.86. The second-order valence-corrected chi connectivity index (χ2v) is 3.21. The van der Waals surface area contributed by atoms with E-state index in [0.29, 0.717) is 0 Å². The number of hydrogen-bond donors (Lipinski definition) is 0. The van der Waals surface area contributed by atoms with Gasteiger partial charge in [-0.05, 0) is 12.1 Å². The van der Waals surface area contributed by atoms with E-state index in [-0.39, 0.29) is 11.3 Å². The van der Waals surface area contributed by atoms with E-state index in [9.17, 15) is 8.78 Å². The Morgan fingerprint density at radius 2 is 1.50 bits per heavy atom. The monoisotopic (exact) mass is 217 g/mol. The van der Waals surface area contributed by atoms with Crippen LogP contribution in [0.2, 0.25) is 0 Å². The molecule has 0 aliphatic heterocycles. The smallest absolute Gasteiger partial charge is 0.184 e. The Labute approximate surface area is 92.1 Å². The molecule has 16 heavy (non-hydrogen) atoms. The van der Waals surface area contributed by atoms with Gasteiger partial charge in [0.25, 0.3) is 0 Å². The average molecular weight is 217 g/mol. The third-order valence-electron chi connectivity index (χ3n) is 2.11. The van der Waals surface area contributed by atoms with Crippen molar-refractivity contribution in [1.29, 1.82) is 0 Å². The summed E-state index contributed by atoms with van der Waals surface area (Å²) in [5.74, 6) is -1.83. The summed E-state index contributed by atoms with van der Waals surface area (Å²) in [6, 6.07) is 12.8. The van der Waals surface area contributed by atoms with Crippen molar-refractivity contribution >= 4 is 11.7 Å². The molecule has 0 aliphatic carbocycles. The third-order valence-corrected chi connectivity index (χ3v) is 2.11. The van der Waals surface area contributed by atoms with Crippen LogP contribution >= 0.6 is 0 Å². The van der Waals surface area contributed by atoms with E-state index in [0.717, 1.165) is 0 Å². The van der Waals surface area contributed by atoms with Crippen molar-refractivity contribution in [2.75, 3.05) is 0 Å². The first-order valence-electron chi connectivity index (χ1n) is 4.81. The van der Waals surface area contributed by atoms with Crippen LogP contribution in [0.5, 0.6) is 0 Å². The van der Waals surface area contributed by atoms with E-state index >= 15 is 0 Å². The molecule has 1 aromatic heterocycles. The normalized spacial score (nSPS) is 12.1. The summed E-state index contributed by atoms with van der Waals surface area (Å²) in [6.07, 6.45) is 1.42. The molecular formula is C13H9F2N.